The summed E-state index contributed by atoms with van der Waals surface area (Å²) in [4.78, 5) is 14.3. The van der Waals surface area contributed by atoms with Gasteiger partial charge >= 0.3 is 6.18 Å². The second-order valence-electron chi connectivity index (χ2n) is 6.48. The summed E-state index contributed by atoms with van der Waals surface area (Å²) < 4.78 is 39.4. The van der Waals surface area contributed by atoms with Crippen molar-refractivity contribution in [1.29, 1.82) is 0 Å². The number of hydrogen-bond acceptors (Lipinski definition) is 2. The van der Waals surface area contributed by atoms with Crippen molar-refractivity contribution in [1.82, 2.24) is 14.7 Å². The molecule has 1 aliphatic heterocycles. The van der Waals surface area contributed by atoms with Crippen LogP contribution in [0.3, 0.4) is 0 Å². The van der Waals surface area contributed by atoms with Crippen molar-refractivity contribution in [3.63, 3.8) is 0 Å². The van der Waals surface area contributed by atoms with Crippen molar-refractivity contribution >= 4 is 5.91 Å². The van der Waals surface area contributed by atoms with E-state index >= 15 is 0 Å². The molecule has 0 N–H and O–H groups in total. The Bertz CT molecular complexity index is 543. The van der Waals surface area contributed by atoms with Gasteiger partial charge in [-0.1, -0.05) is 13.8 Å². The molecule has 0 bridgehead atoms. The second-order valence-corrected chi connectivity index (χ2v) is 6.48. The van der Waals surface area contributed by atoms with E-state index in [2.05, 4.69) is 18.9 Å². The summed E-state index contributed by atoms with van der Waals surface area (Å²) in [6.45, 7) is 8.61. The number of aromatic nitrogens is 2. The van der Waals surface area contributed by atoms with E-state index in [9.17, 15) is 18.0 Å². The molecule has 0 saturated carbocycles. The summed E-state index contributed by atoms with van der Waals surface area (Å²) in [7, 11) is 0. The van der Waals surface area contributed by atoms with Crippen LogP contribution >= 0.6 is 0 Å². The Labute approximate surface area is 128 Å². The largest absolute Gasteiger partial charge is 0.435 e. The summed E-state index contributed by atoms with van der Waals surface area (Å²) in [5.74, 6) is 0.645. The monoisotopic (exact) mass is 317 g/mol. The molecule has 1 saturated heterocycles. The standard InChI is InChI=1S/C15H22F3N3O/c1-9-5-10(2)8-20(7-9)14(22)12(4)21-11(3)6-13(19-21)15(16,17)18/h6,9-10,12H,5,7-8H2,1-4H3. The quantitative estimate of drug-likeness (QED) is 0.839. The maximum Gasteiger partial charge on any atom is 0.435 e. The molecular weight excluding hydrogens is 295 g/mol. The van der Waals surface area contributed by atoms with Gasteiger partial charge in [-0.15, -0.1) is 0 Å². The van der Waals surface area contributed by atoms with Gasteiger partial charge in [-0.25, -0.2) is 0 Å². The zero-order valence-corrected chi connectivity index (χ0v) is 13.3. The van der Waals surface area contributed by atoms with Gasteiger partial charge in [-0.2, -0.15) is 18.3 Å². The highest BCUT2D eigenvalue weighted by Gasteiger charge is 2.36. The van der Waals surface area contributed by atoms with Gasteiger partial charge in [0.25, 0.3) is 0 Å². The van der Waals surface area contributed by atoms with E-state index in [1.54, 1.807) is 11.8 Å². The Hall–Kier alpha value is -1.53. The van der Waals surface area contributed by atoms with Crippen LogP contribution in [0, 0.1) is 18.8 Å². The number of carbonyl (C=O) groups excluding carboxylic acids is 1. The van der Waals surface area contributed by atoms with E-state index in [0.29, 0.717) is 30.6 Å². The molecule has 1 aliphatic rings. The van der Waals surface area contributed by atoms with Crippen molar-refractivity contribution in [2.45, 2.75) is 46.3 Å². The fraction of sp³-hybridized carbons (Fsp3) is 0.733. The SMILES string of the molecule is Cc1cc(C(F)(F)F)nn1C(C)C(=O)N1CC(C)CC(C)C1. The van der Waals surface area contributed by atoms with Gasteiger partial charge in [0.2, 0.25) is 5.91 Å². The van der Waals surface area contributed by atoms with Gasteiger partial charge in [0.1, 0.15) is 6.04 Å². The van der Waals surface area contributed by atoms with Crippen molar-refractivity contribution in [3.8, 4) is 0 Å². The summed E-state index contributed by atoms with van der Waals surface area (Å²) in [6.07, 6.45) is -3.43. The first-order valence-electron chi connectivity index (χ1n) is 7.51. The predicted molar refractivity (Wildman–Crippen MR) is 76.2 cm³/mol. The highest BCUT2D eigenvalue weighted by molar-refractivity contribution is 5.80. The van der Waals surface area contributed by atoms with Gasteiger partial charge in [-0.05, 0) is 38.2 Å². The Kier molecular flexibility index (Phi) is 4.54. The van der Waals surface area contributed by atoms with Gasteiger partial charge in [0, 0.05) is 18.8 Å². The first-order chi connectivity index (χ1) is 10.1. The normalized spacial score (nSPS) is 24.4. The minimum Gasteiger partial charge on any atom is -0.340 e. The van der Waals surface area contributed by atoms with Crippen LogP contribution in [0.25, 0.3) is 0 Å². The lowest BCUT2D eigenvalue weighted by molar-refractivity contribution is -0.143. The van der Waals surface area contributed by atoms with E-state index in [-0.39, 0.29) is 5.91 Å². The number of likely N-dealkylation sites (tertiary alicyclic amines) is 1. The molecule has 3 unspecified atom stereocenters. The highest BCUT2D eigenvalue weighted by atomic mass is 19.4. The van der Waals surface area contributed by atoms with Gasteiger partial charge in [0.15, 0.2) is 5.69 Å². The Balaban J connectivity index is 2.19. The maximum atomic E-state index is 12.7. The summed E-state index contributed by atoms with van der Waals surface area (Å²) in [6, 6.07) is 0.249. The lowest BCUT2D eigenvalue weighted by Crippen LogP contribution is -2.45. The number of hydrogen-bond donors (Lipinski definition) is 0. The minimum atomic E-state index is -4.49. The molecule has 0 aromatic carbocycles. The van der Waals surface area contributed by atoms with E-state index in [1.165, 1.54) is 11.6 Å². The smallest absolute Gasteiger partial charge is 0.340 e. The number of rotatable bonds is 2. The van der Waals surface area contributed by atoms with Crippen LogP contribution in [-0.2, 0) is 11.0 Å². The summed E-state index contributed by atoms with van der Waals surface area (Å²) in [5.41, 5.74) is -0.615. The van der Waals surface area contributed by atoms with Crippen LogP contribution in [0.5, 0.6) is 0 Å². The average Bonchev–Trinajstić information content (AvgIpc) is 2.78. The van der Waals surface area contributed by atoms with Crippen LogP contribution in [0.15, 0.2) is 6.07 Å². The van der Waals surface area contributed by atoms with Gasteiger partial charge in [0.05, 0.1) is 0 Å². The third kappa shape index (κ3) is 3.44. The van der Waals surface area contributed by atoms with Gasteiger partial charge < -0.3 is 4.90 Å². The van der Waals surface area contributed by atoms with Crippen molar-refractivity contribution in [2.75, 3.05) is 13.1 Å². The molecule has 4 nitrogen and oxygen atoms in total. The molecule has 1 aromatic rings. The van der Waals surface area contributed by atoms with Crippen LogP contribution < -0.4 is 0 Å². The first-order valence-corrected chi connectivity index (χ1v) is 7.51. The number of piperidine rings is 1. The Morgan fingerprint density at radius 1 is 1.32 bits per heavy atom. The summed E-state index contributed by atoms with van der Waals surface area (Å²) >= 11 is 0. The molecule has 1 aromatic heterocycles. The molecule has 0 spiro atoms. The summed E-state index contributed by atoms with van der Waals surface area (Å²) in [5, 5.41) is 3.58. The van der Waals surface area contributed by atoms with E-state index in [1.807, 2.05) is 0 Å². The number of nitrogens with zero attached hydrogens (tertiary/aromatic N) is 3. The lowest BCUT2D eigenvalue weighted by atomic mass is 9.91. The van der Waals surface area contributed by atoms with Crippen molar-refractivity contribution in [2.24, 2.45) is 11.8 Å². The topological polar surface area (TPSA) is 38.1 Å². The van der Waals surface area contributed by atoms with Crippen molar-refractivity contribution < 1.29 is 18.0 Å². The average molecular weight is 317 g/mol. The van der Waals surface area contributed by atoms with Crippen LogP contribution in [0.4, 0.5) is 13.2 Å². The fourth-order valence-electron chi connectivity index (χ4n) is 3.23. The molecule has 7 heteroatoms. The van der Waals surface area contributed by atoms with E-state index in [4.69, 9.17) is 0 Å². The number of halogens is 3. The molecular formula is C15H22F3N3O. The Morgan fingerprint density at radius 2 is 1.86 bits per heavy atom. The maximum absolute atomic E-state index is 12.7. The molecule has 124 valence electrons. The third-order valence-electron chi connectivity index (χ3n) is 4.12. The molecule has 0 aliphatic carbocycles. The number of aryl methyl sites for hydroxylation is 1. The fourth-order valence-corrected chi connectivity index (χ4v) is 3.23. The van der Waals surface area contributed by atoms with Crippen LogP contribution in [0.1, 0.15) is 44.6 Å². The third-order valence-corrected chi connectivity index (χ3v) is 4.12. The molecule has 1 amide bonds. The van der Waals surface area contributed by atoms with Crippen LogP contribution in [-0.4, -0.2) is 33.7 Å². The zero-order chi connectivity index (χ0) is 16.7. The molecule has 0 radical (unpaired) electrons. The van der Waals surface area contributed by atoms with Crippen LogP contribution in [0.2, 0.25) is 0 Å². The number of alkyl halides is 3. The minimum absolute atomic E-state index is 0.168. The van der Waals surface area contributed by atoms with E-state index in [0.717, 1.165) is 12.5 Å². The van der Waals surface area contributed by atoms with E-state index < -0.39 is 17.9 Å². The van der Waals surface area contributed by atoms with Gasteiger partial charge in [-0.3, -0.25) is 9.48 Å². The lowest BCUT2D eigenvalue weighted by Gasteiger charge is -2.36. The predicted octanol–water partition coefficient (Wildman–Crippen LogP) is 3.28. The first kappa shape index (κ1) is 16.8. The highest BCUT2D eigenvalue weighted by Crippen LogP contribution is 2.30. The molecule has 2 rings (SSSR count). The molecule has 3 atom stereocenters. The molecule has 1 fully saturated rings. The number of carbonyl (C=O) groups is 1. The molecule has 22 heavy (non-hydrogen) atoms. The zero-order valence-electron chi connectivity index (χ0n) is 13.3. The molecule has 2 heterocycles. The second kappa shape index (κ2) is 5.93. The number of amides is 1. The van der Waals surface area contributed by atoms with Crippen molar-refractivity contribution in [3.05, 3.63) is 17.5 Å². The Morgan fingerprint density at radius 3 is 2.32 bits per heavy atom.